The lowest BCUT2D eigenvalue weighted by Gasteiger charge is -2.24. The molecule has 7 heteroatoms. The van der Waals surface area contributed by atoms with E-state index >= 15 is 0 Å². The monoisotopic (exact) mass is 346 g/mol. The first-order chi connectivity index (χ1) is 11.6. The smallest absolute Gasteiger partial charge is 0.243 e. The Labute approximate surface area is 141 Å². The summed E-state index contributed by atoms with van der Waals surface area (Å²) in [6.45, 7) is 0.674. The number of aromatic nitrogens is 1. The Morgan fingerprint density at radius 1 is 1.21 bits per heavy atom. The van der Waals surface area contributed by atoms with Crippen molar-refractivity contribution in [3.05, 3.63) is 48.3 Å². The lowest BCUT2D eigenvalue weighted by atomic mass is 10.1. The third-order valence-corrected chi connectivity index (χ3v) is 6.42. The fourth-order valence-corrected chi connectivity index (χ4v) is 5.00. The number of fused-ring (bicyclic) bond motifs is 1. The van der Waals surface area contributed by atoms with Crippen LogP contribution >= 0.6 is 0 Å². The van der Waals surface area contributed by atoms with Crippen molar-refractivity contribution in [3.8, 4) is 11.5 Å². The minimum absolute atomic E-state index is 0.0374. The molecule has 0 aliphatic carbocycles. The largest absolute Gasteiger partial charge is 0.454 e. The van der Waals surface area contributed by atoms with Gasteiger partial charge in [0.05, 0.1) is 4.90 Å². The van der Waals surface area contributed by atoms with Crippen LogP contribution < -0.4 is 9.47 Å². The van der Waals surface area contributed by atoms with Crippen molar-refractivity contribution >= 4 is 10.0 Å². The number of benzene rings is 1. The molecule has 0 radical (unpaired) electrons. The standard InChI is InChI=1S/C17H18N2O4S/c20-24(21,15-5-6-16-17(10-15)23-12-22-16)19-8-2-4-14(19)9-13-3-1-7-18-11-13/h1,3,5-7,10-11,14H,2,4,8-9,12H2/t14-/m0/s1. The number of hydrogen-bond acceptors (Lipinski definition) is 5. The zero-order valence-corrected chi connectivity index (χ0v) is 13.9. The SMILES string of the molecule is O=S(=O)(c1ccc2c(c1)OCO2)N1CCC[C@H]1Cc1cccnc1. The van der Waals surface area contributed by atoms with Gasteiger partial charge in [-0.25, -0.2) is 8.42 Å². The van der Waals surface area contributed by atoms with E-state index in [0.29, 0.717) is 24.5 Å². The first kappa shape index (κ1) is 15.4. The minimum atomic E-state index is -3.55. The van der Waals surface area contributed by atoms with Gasteiger partial charge >= 0.3 is 0 Å². The van der Waals surface area contributed by atoms with E-state index in [0.717, 1.165) is 18.4 Å². The number of nitrogens with zero attached hydrogens (tertiary/aromatic N) is 2. The van der Waals surface area contributed by atoms with Gasteiger partial charge in [0.1, 0.15) is 0 Å². The maximum absolute atomic E-state index is 13.0. The van der Waals surface area contributed by atoms with Crippen LogP contribution in [0.1, 0.15) is 18.4 Å². The van der Waals surface area contributed by atoms with Crippen LogP contribution in [0.4, 0.5) is 0 Å². The molecule has 2 aliphatic rings. The molecule has 0 N–H and O–H groups in total. The summed E-state index contributed by atoms with van der Waals surface area (Å²) in [5.41, 5.74) is 1.05. The number of hydrogen-bond donors (Lipinski definition) is 0. The van der Waals surface area contributed by atoms with E-state index in [2.05, 4.69) is 4.98 Å². The average Bonchev–Trinajstić information content (AvgIpc) is 3.24. The van der Waals surface area contributed by atoms with Crippen LogP contribution in [0.2, 0.25) is 0 Å². The van der Waals surface area contributed by atoms with E-state index in [9.17, 15) is 8.42 Å². The molecular weight excluding hydrogens is 328 g/mol. The molecule has 24 heavy (non-hydrogen) atoms. The maximum Gasteiger partial charge on any atom is 0.243 e. The van der Waals surface area contributed by atoms with Gasteiger partial charge in [-0.2, -0.15) is 4.31 Å². The van der Waals surface area contributed by atoms with E-state index < -0.39 is 10.0 Å². The normalized spacial score (nSPS) is 20.4. The highest BCUT2D eigenvalue weighted by atomic mass is 32.2. The van der Waals surface area contributed by atoms with Gasteiger partial charge < -0.3 is 9.47 Å². The fraction of sp³-hybridized carbons (Fsp3) is 0.353. The zero-order chi connectivity index (χ0) is 16.6. The second-order valence-electron chi connectivity index (χ2n) is 5.99. The Morgan fingerprint density at radius 2 is 2.08 bits per heavy atom. The molecule has 6 nitrogen and oxygen atoms in total. The van der Waals surface area contributed by atoms with E-state index in [1.54, 1.807) is 34.9 Å². The van der Waals surface area contributed by atoms with Gasteiger partial charge in [-0.3, -0.25) is 4.98 Å². The van der Waals surface area contributed by atoms with Crippen LogP contribution in [-0.4, -0.2) is 37.1 Å². The van der Waals surface area contributed by atoms with Crippen molar-refractivity contribution in [2.45, 2.75) is 30.2 Å². The predicted molar refractivity (Wildman–Crippen MR) is 87.4 cm³/mol. The summed E-state index contributed by atoms with van der Waals surface area (Å²) >= 11 is 0. The fourth-order valence-electron chi connectivity index (χ4n) is 3.29. The molecule has 0 amide bonds. The van der Waals surface area contributed by atoms with Crippen LogP contribution in [0.3, 0.4) is 0 Å². The van der Waals surface area contributed by atoms with Gasteiger partial charge in [-0.1, -0.05) is 6.07 Å². The quantitative estimate of drug-likeness (QED) is 0.849. The molecule has 1 saturated heterocycles. The molecule has 1 atom stereocenters. The highest BCUT2D eigenvalue weighted by Crippen LogP contribution is 2.36. The summed E-state index contributed by atoms with van der Waals surface area (Å²) in [5.74, 6) is 1.07. The van der Waals surface area contributed by atoms with Crippen LogP contribution in [0, 0.1) is 0 Å². The lowest BCUT2D eigenvalue weighted by Crippen LogP contribution is -2.36. The Bertz CT molecular complexity index is 839. The molecule has 3 heterocycles. The van der Waals surface area contributed by atoms with Gasteiger partial charge in [0.2, 0.25) is 16.8 Å². The van der Waals surface area contributed by atoms with Crippen LogP contribution in [0.15, 0.2) is 47.6 Å². The molecule has 1 aromatic heterocycles. The van der Waals surface area contributed by atoms with Gasteiger partial charge in [-0.05, 0) is 43.0 Å². The third kappa shape index (κ3) is 2.74. The molecule has 0 spiro atoms. The van der Waals surface area contributed by atoms with Crippen molar-refractivity contribution in [1.82, 2.24) is 9.29 Å². The van der Waals surface area contributed by atoms with Crippen LogP contribution in [-0.2, 0) is 16.4 Å². The summed E-state index contributed by atoms with van der Waals surface area (Å²) in [6, 6.07) is 8.61. The Hall–Kier alpha value is -2.12. The second-order valence-corrected chi connectivity index (χ2v) is 7.88. The molecule has 1 aromatic carbocycles. The first-order valence-electron chi connectivity index (χ1n) is 7.95. The van der Waals surface area contributed by atoms with Gasteiger partial charge in [0, 0.05) is 31.0 Å². The third-order valence-electron chi connectivity index (χ3n) is 4.47. The number of pyridine rings is 1. The van der Waals surface area contributed by atoms with Gasteiger partial charge in [0.25, 0.3) is 0 Å². The van der Waals surface area contributed by atoms with Crippen molar-refractivity contribution in [2.24, 2.45) is 0 Å². The molecule has 4 rings (SSSR count). The van der Waals surface area contributed by atoms with Crippen LogP contribution in [0.25, 0.3) is 0 Å². The topological polar surface area (TPSA) is 68.7 Å². The Kier molecular flexibility index (Phi) is 3.90. The predicted octanol–water partition coefficient (Wildman–Crippen LogP) is 2.21. The van der Waals surface area contributed by atoms with E-state index in [1.807, 2.05) is 12.1 Å². The van der Waals surface area contributed by atoms with E-state index in [1.165, 1.54) is 0 Å². The van der Waals surface area contributed by atoms with Crippen molar-refractivity contribution < 1.29 is 17.9 Å². The molecular formula is C17H18N2O4S. The average molecular weight is 346 g/mol. The van der Waals surface area contributed by atoms with E-state index in [4.69, 9.17) is 9.47 Å². The highest BCUT2D eigenvalue weighted by Gasteiger charge is 2.36. The van der Waals surface area contributed by atoms with Crippen LogP contribution in [0.5, 0.6) is 11.5 Å². The number of rotatable bonds is 4. The Morgan fingerprint density at radius 3 is 2.92 bits per heavy atom. The summed E-state index contributed by atoms with van der Waals surface area (Å²) in [6.07, 6.45) is 5.92. The van der Waals surface area contributed by atoms with Crippen molar-refractivity contribution in [2.75, 3.05) is 13.3 Å². The Balaban J connectivity index is 1.61. The molecule has 0 bridgehead atoms. The second kappa shape index (κ2) is 6.07. The number of sulfonamides is 1. The maximum atomic E-state index is 13.0. The summed E-state index contributed by atoms with van der Waals surface area (Å²) in [4.78, 5) is 4.37. The lowest BCUT2D eigenvalue weighted by molar-refractivity contribution is 0.174. The van der Waals surface area contributed by atoms with Crippen molar-refractivity contribution in [1.29, 1.82) is 0 Å². The highest BCUT2D eigenvalue weighted by molar-refractivity contribution is 7.89. The summed E-state index contributed by atoms with van der Waals surface area (Å²) in [7, 11) is -3.55. The first-order valence-corrected chi connectivity index (χ1v) is 9.39. The van der Waals surface area contributed by atoms with Gasteiger partial charge in [0.15, 0.2) is 11.5 Å². The molecule has 0 saturated carbocycles. The molecule has 2 aliphatic heterocycles. The molecule has 126 valence electrons. The van der Waals surface area contributed by atoms with Gasteiger partial charge in [-0.15, -0.1) is 0 Å². The zero-order valence-electron chi connectivity index (χ0n) is 13.1. The molecule has 2 aromatic rings. The number of ether oxygens (including phenoxy) is 2. The molecule has 0 unspecified atom stereocenters. The van der Waals surface area contributed by atoms with E-state index in [-0.39, 0.29) is 17.7 Å². The van der Waals surface area contributed by atoms with Crippen molar-refractivity contribution in [3.63, 3.8) is 0 Å². The molecule has 1 fully saturated rings. The summed E-state index contributed by atoms with van der Waals surface area (Å²) in [5, 5.41) is 0. The minimum Gasteiger partial charge on any atom is -0.454 e. The summed E-state index contributed by atoms with van der Waals surface area (Å²) < 4.78 is 38.3.